The number of nitrogens with one attached hydrogen (secondary N) is 5. The van der Waals surface area contributed by atoms with Gasteiger partial charge in [0.15, 0.2) is 11.9 Å². The molecule has 0 radical (unpaired) electrons. The first kappa shape index (κ1) is 47.6. The van der Waals surface area contributed by atoms with E-state index >= 15 is 0 Å². The predicted octanol–water partition coefficient (Wildman–Crippen LogP) is -3.32. The number of nitrogens with zero attached hydrogens (tertiary/aromatic N) is 2. The Morgan fingerprint density at radius 1 is 0.509 bits per heavy atom. The van der Waals surface area contributed by atoms with Gasteiger partial charge in [-0.3, -0.25) is 38.8 Å². The summed E-state index contributed by atoms with van der Waals surface area (Å²) in [6.07, 6.45) is 0.906. The molecule has 6 atom stereocenters. The highest BCUT2D eigenvalue weighted by Crippen LogP contribution is 2.08. The molecular formula is C36H55N13O6S2. The first-order valence-corrected chi connectivity index (χ1v) is 19.4. The quantitative estimate of drug-likeness (QED) is 0.0203. The van der Waals surface area contributed by atoms with E-state index in [1.165, 1.54) is 0 Å². The number of benzene rings is 2. The van der Waals surface area contributed by atoms with Gasteiger partial charge in [0.25, 0.3) is 0 Å². The summed E-state index contributed by atoms with van der Waals surface area (Å²) < 4.78 is 0. The van der Waals surface area contributed by atoms with Gasteiger partial charge < -0.3 is 61.0 Å². The molecule has 6 amide bonds. The highest BCUT2D eigenvalue weighted by Gasteiger charge is 2.32. The number of carbonyl (C=O) groups excluding carboxylic acids is 6. The van der Waals surface area contributed by atoms with Crippen LogP contribution in [-0.4, -0.2) is 108 Å². The van der Waals surface area contributed by atoms with Crippen LogP contribution in [0.4, 0.5) is 0 Å². The molecule has 0 fully saturated rings. The minimum atomic E-state index is -1.29. The summed E-state index contributed by atoms with van der Waals surface area (Å²) in [6, 6.07) is 10.9. The second-order valence-electron chi connectivity index (χ2n) is 13.0. The molecule has 0 unspecified atom stereocenters. The number of thiol groups is 2. The minimum absolute atomic E-state index is 0.00317. The van der Waals surface area contributed by atoms with Gasteiger partial charge in [-0.05, 0) is 43.2 Å². The highest BCUT2D eigenvalue weighted by atomic mass is 32.1. The van der Waals surface area contributed by atoms with E-state index in [-0.39, 0.29) is 75.0 Å². The number of carbonyl (C=O) groups is 6. The summed E-state index contributed by atoms with van der Waals surface area (Å²) >= 11 is 8.47. The van der Waals surface area contributed by atoms with E-state index in [0.29, 0.717) is 0 Å². The molecule has 2 aromatic rings. The van der Waals surface area contributed by atoms with Crippen molar-refractivity contribution in [2.45, 2.75) is 74.8 Å². The third kappa shape index (κ3) is 18.3. The molecule has 0 bridgehead atoms. The van der Waals surface area contributed by atoms with Gasteiger partial charge in [0.05, 0.1) is 6.04 Å². The predicted molar refractivity (Wildman–Crippen MR) is 225 cm³/mol. The summed E-state index contributed by atoms with van der Waals surface area (Å²) in [5.41, 5.74) is 35.0. The lowest BCUT2D eigenvalue weighted by Gasteiger charge is -2.26. The number of amides is 6. The van der Waals surface area contributed by atoms with Gasteiger partial charge in [-0.25, -0.2) is 0 Å². The smallest absolute Gasteiger partial charge is 0.244 e. The Morgan fingerprint density at radius 2 is 0.860 bits per heavy atom. The number of rotatable bonds is 25. The van der Waals surface area contributed by atoms with Crippen LogP contribution in [0.5, 0.6) is 0 Å². The maximum absolute atomic E-state index is 13.6. The molecule has 0 aliphatic heterocycles. The maximum atomic E-state index is 13.6. The first-order valence-electron chi connectivity index (χ1n) is 18.1. The molecule has 0 saturated heterocycles. The lowest BCUT2D eigenvalue weighted by Crippen LogP contribution is -2.60. The molecule has 2 rings (SSSR count). The van der Waals surface area contributed by atoms with Crippen LogP contribution >= 0.6 is 25.3 Å². The maximum Gasteiger partial charge on any atom is 0.244 e. The number of hydrogen-bond donors (Lipinski definition) is 13. The Morgan fingerprint density at radius 3 is 1.25 bits per heavy atom. The van der Waals surface area contributed by atoms with E-state index in [9.17, 15) is 28.8 Å². The van der Waals surface area contributed by atoms with Gasteiger partial charge in [-0.1, -0.05) is 60.7 Å². The van der Waals surface area contributed by atoms with Gasteiger partial charge >= 0.3 is 0 Å². The average molecular weight is 830 g/mol. The van der Waals surface area contributed by atoms with Gasteiger partial charge in [-0.2, -0.15) is 25.3 Å². The minimum Gasteiger partial charge on any atom is -0.370 e. The summed E-state index contributed by atoms with van der Waals surface area (Å²) in [7, 11) is 0. The Bertz CT molecular complexity index is 1680. The highest BCUT2D eigenvalue weighted by molar-refractivity contribution is 7.80. The Hall–Kier alpha value is -5.54. The fraction of sp³-hybridized carbons (Fsp3) is 0.444. The molecule has 2 aromatic carbocycles. The molecule has 0 saturated carbocycles. The van der Waals surface area contributed by atoms with Crippen molar-refractivity contribution >= 4 is 72.6 Å². The zero-order chi connectivity index (χ0) is 42.3. The van der Waals surface area contributed by atoms with Crippen LogP contribution in [0.15, 0.2) is 70.6 Å². The molecule has 17 N–H and O–H groups in total. The number of aliphatic imine (C=N–C) groups is 2. The van der Waals surface area contributed by atoms with E-state index in [1.807, 2.05) is 30.3 Å². The van der Waals surface area contributed by atoms with Crippen molar-refractivity contribution in [3.63, 3.8) is 0 Å². The summed E-state index contributed by atoms with van der Waals surface area (Å²) in [5, 5.41) is 13.0. The van der Waals surface area contributed by atoms with Crippen molar-refractivity contribution in [2.24, 2.45) is 44.4 Å². The van der Waals surface area contributed by atoms with Gasteiger partial charge in [0.2, 0.25) is 35.4 Å². The molecule has 312 valence electrons. The Labute approximate surface area is 342 Å². The largest absolute Gasteiger partial charge is 0.370 e. The molecule has 0 aliphatic carbocycles. The molecule has 21 heteroatoms. The molecule has 57 heavy (non-hydrogen) atoms. The van der Waals surface area contributed by atoms with Gasteiger partial charge in [-0.15, -0.1) is 0 Å². The van der Waals surface area contributed by atoms with E-state index in [0.717, 1.165) is 11.1 Å². The van der Waals surface area contributed by atoms with Gasteiger partial charge in [0.1, 0.15) is 30.2 Å². The standard InChI is InChI=1S/C36H55N13O6S2/c37-23(17-21-9-3-1-4-10-21)30(51)45-24(13-7-15-43-35(39)40)31(52)48-27(19-56)33(54)46-25(14-8-16-44-36(41)42)32(53)49-28(20-57)34(55)47-26(29(38)50)18-22-11-5-2-6-12-22/h1-6,9-12,23-28,56-57H,7-8,13-20,37H2,(H2,38,50)(H,45,51)(H,46,54)(H,47,55)(H,48,52)(H,49,53)(H4,39,40,43)(H4,41,42,44)/t23-,24-,25-,26-,27-,28-/m0/s1. The van der Waals surface area contributed by atoms with E-state index < -0.39 is 71.7 Å². The number of hydrogen-bond acceptors (Lipinski definition) is 11. The molecular weight excluding hydrogens is 775 g/mol. The van der Waals surface area contributed by atoms with Crippen LogP contribution in [0.2, 0.25) is 0 Å². The normalized spacial score (nSPS) is 13.9. The summed E-state index contributed by atoms with van der Waals surface area (Å²) in [4.78, 5) is 87.2. The lowest BCUT2D eigenvalue weighted by atomic mass is 10.0. The topological polar surface area (TPSA) is 343 Å². The van der Waals surface area contributed by atoms with Crippen molar-refractivity contribution in [1.82, 2.24) is 26.6 Å². The second kappa shape index (κ2) is 25.6. The fourth-order valence-corrected chi connectivity index (χ4v) is 5.85. The van der Waals surface area contributed by atoms with E-state index in [2.05, 4.69) is 61.8 Å². The summed E-state index contributed by atoms with van der Waals surface area (Å²) in [6.45, 7) is 0.269. The lowest BCUT2D eigenvalue weighted by molar-refractivity contribution is -0.134. The van der Waals surface area contributed by atoms with Crippen molar-refractivity contribution in [2.75, 3.05) is 24.6 Å². The molecule has 0 heterocycles. The SMILES string of the molecule is NC(=O)[C@H](Cc1ccccc1)NC(=O)[C@H](CS)NC(=O)[C@H](CCCN=C(N)N)NC(=O)[C@H](CS)NC(=O)[C@H](CCCN=C(N)N)NC(=O)[C@@H](N)Cc1ccccc1. The van der Waals surface area contributed by atoms with Gasteiger partial charge in [0, 0.05) is 31.0 Å². The number of guanidine groups is 2. The van der Waals surface area contributed by atoms with E-state index in [1.54, 1.807) is 30.3 Å². The molecule has 0 aliphatic rings. The van der Waals surface area contributed by atoms with Crippen LogP contribution < -0.4 is 61.0 Å². The number of nitrogens with two attached hydrogens (primary N) is 6. The third-order valence-electron chi connectivity index (χ3n) is 8.37. The molecule has 0 spiro atoms. The van der Waals surface area contributed by atoms with Crippen LogP contribution in [0.1, 0.15) is 36.8 Å². The fourth-order valence-electron chi connectivity index (χ4n) is 5.33. The average Bonchev–Trinajstić information content (AvgIpc) is 3.18. The van der Waals surface area contributed by atoms with Crippen molar-refractivity contribution in [1.29, 1.82) is 0 Å². The molecule has 0 aromatic heterocycles. The monoisotopic (exact) mass is 829 g/mol. The zero-order valence-electron chi connectivity index (χ0n) is 31.5. The van der Waals surface area contributed by atoms with Crippen LogP contribution in [0.25, 0.3) is 0 Å². The molecule has 19 nitrogen and oxygen atoms in total. The second-order valence-corrected chi connectivity index (χ2v) is 13.7. The van der Waals surface area contributed by atoms with Crippen LogP contribution in [0.3, 0.4) is 0 Å². The van der Waals surface area contributed by atoms with E-state index in [4.69, 9.17) is 34.4 Å². The number of primary amides is 1. The van der Waals surface area contributed by atoms with Crippen molar-refractivity contribution in [3.05, 3.63) is 71.8 Å². The van der Waals surface area contributed by atoms with Crippen molar-refractivity contribution in [3.8, 4) is 0 Å². The Kier molecular flexibility index (Phi) is 21.4. The van der Waals surface area contributed by atoms with Crippen LogP contribution in [-0.2, 0) is 41.6 Å². The van der Waals surface area contributed by atoms with Crippen molar-refractivity contribution < 1.29 is 28.8 Å². The zero-order valence-corrected chi connectivity index (χ0v) is 33.3. The first-order chi connectivity index (χ1) is 27.1. The third-order valence-corrected chi connectivity index (χ3v) is 9.10. The van der Waals surface area contributed by atoms with Crippen LogP contribution in [0, 0.1) is 0 Å². The summed E-state index contributed by atoms with van der Waals surface area (Å²) in [5.74, 6) is -5.13. The Balaban J connectivity index is 2.20.